The summed E-state index contributed by atoms with van der Waals surface area (Å²) in [6.45, 7) is 6.38. The highest BCUT2D eigenvalue weighted by Gasteiger charge is 2.32. The van der Waals surface area contributed by atoms with Gasteiger partial charge in [0.15, 0.2) is 0 Å². The van der Waals surface area contributed by atoms with Gasteiger partial charge in [0.25, 0.3) is 0 Å². The molecule has 1 aromatic rings. The normalized spacial score (nSPS) is 23.1. The molecule has 0 radical (unpaired) electrons. The largest absolute Gasteiger partial charge is 0.487 e. The van der Waals surface area contributed by atoms with Crippen LogP contribution in [-0.2, 0) is 0 Å². The minimum absolute atomic E-state index is 0.0749. The number of aryl methyl sites for hydroxylation is 1. The van der Waals surface area contributed by atoms with Gasteiger partial charge in [-0.2, -0.15) is 0 Å². The molecule has 0 saturated heterocycles. The molecule has 0 bridgehead atoms. The Morgan fingerprint density at radius 2 is 2.13 bits per heavy atom. The lowest BCUT2D eigenvalue weighted by atomic mass is 9.89. The van der Waals surface area contributed by atoms with Gasteiger partial charge in [0, 0.05) is 18.0 Å². The van der Waals surface area contributed by atoms with E-state index in [0.29, 0.717) is 6.04 Å². The van der Waals surface area contributed by atoms with E-state index < -0.39 is 0 Å². The van der Waals surface area contributed by atoms with Gasteiger partial charge in [-0.15, -0.1) is 0 Å². The molecule has 1 atom stereocenters. The van der Waals surface area contributed by atoms with Crippen molar-refractivity contribution in [1.29, 1.82) is 0 Å². The second kappa shape index (κ2) is 3.53. The van der Waals surface area contributed by atoms with Crippen LogP contribution in [0, 0.1) is 6.92 Å². The van der Waals surface area contributed by atoms with Crippen molar-refractivity contribution in [3.05, 3.63) is 29.3 Å². The molecule has 0 aromatic heterocycles. The molecule has 1 aliphatic heterocycles. The van der Waals surface area contributed by atoms with Crippen molar-refractivity contribution in [2.24, 2.45) is 0 Å². The Morgan fingerprint density at radius 3 is 2.80 bits per heavy atom. The third-order valence-corrected chi connectivity index (χ3v) is 2.97. The molecule has 2 heteroatoms. The van der Waals surface area contributed by atoms with Crippen molar-refractivity contribution in [3.8, 4) is 5.75 Å². The van der Waals surface area contributed by atoms with Crippen LogP contribution in [-0.4, -0.2) is 12.6 Å². The third kappa shape index (κ3) is 2.00. The third-order valence-electron chi connectivity index (χ3n) is 2.97. The van der Waals surface area contributed by atoms with E-state index in [1.165, 1.54) is 11.1 Å². The van der Waals surface area contributed by atoms with Gasteiger partial charge < -0.3 is 10.1 Å². The van der Waals surface area contributed by atoms with Gasteiger partial charge in [-0.05, 0) is 39.4 Å². The molecule has 2 nitrogen and oxygen atoms in total. The number of hydrogen-bond donors (Lipinski definition) is 1. The second-order valence-electron chi connectivity index (χ2n) is 4.95. The first kappa shape index (κ1) is 10.5. The van der Waals surface area contributed by atoms with E-state index in [2.05, 4.69) is 44.3 Å². The number of rotatable bonds is 1. The quantitative estimate of drug-likeness (QED) is 0.761. The van der Waals surface area contributed by atoms with Crippen molar-refractivity contribution >= 4 is 0 Å². The van der Waals surface area contributed by atoms with Gasteiger partial charge in [-0.1, -0.05) is 12.1 Å². The molecule has 0 spiro atoms. The van der Waals surface area contributed by atoms with Crippen molar-refractivity contribution < 1.29 is 4.74 Å². The zero-order valence-electron chi connectivity index (χ0n) is 9.92. The Morgan fingerprint density at radius 1 is 1.40 bits per heavy atom. The molecule has 1 N–H and O–H groups in total. The summed E-state index contributed by atoms with van der Waals surface area (Å²) in [5.41, 5.74) is 2.46. The summed E-state index contributed by atoms with van der Waals surface area (Å²) in [4.78, 5) is 0. The summed E-state index contributed by atoms with van der Waals surface area (Å²) in [5.74, 6) is 1.03. The summed E-state index contributed by atoms with van der Waals surface area (Å²) in [6.07, 6.45) is 1.01. The second-order valence-corrected chi connectivity index (χ2v) is 4.95. The Kier molecular flexibility index (Phi) is 2.47. The standard InChI is InChI=1S/C13H19NO/c1-9-5-6-10-11(14-4)8-13(2,3)15-12(10)7-9/h5-7,11,14H,8H2,1-4H3. The summed E-state index contributed by atoms with van der Waals surface area (Å²) in [6, 6.07) is 6.84. The first-order valence-corrected chi connectivity index (χ1v) is 5.49. The van der Waals surface area contributed by atoms with Crippen LogP contribution in [0.3, 0.4) is 0 Å². The van der Waals surface area contributed by atoms with Gasteiger partial charge in [-0.3, -0.25) is 0 Å². The van der Waals surface area contributed by atoms with Crippen molar-refractivity contribution in [3.63, 3.8) is 0 Å². The highest BCUT2D eigenvalue weighted by Crippen LogP contribution is 2.39. The lowest BCUT2D eigenvalue weighted by molar-refractivity contribution is 0.0675. The fourth-order valence-electron chi connectivity index (χ4n) is 2.22. The van der Waals surface area contributed by atoms with Gasteiger partial charge in [0.1, 0.15) is 11.4 Å². The van der Waals surface area contributed by atoms with Crippen molar-refractivity contribution in [1.82, 2.24) is 5.32 Å². The van der Waals surface area contributed by atoms with Crippen LogP contribution in [0.1, 0.15) is 37.4 Å². The zero-order chi connectivity index (χ0) is 11.1. The Bertz CT molecular complexity index is 371. The maximum atomic E-state index is 5.99. The predicted molar refractivity (Wildman–Crippen MR) is 62.3 cm³/mol. The molecule has 15 heavy (non-hydrogen) atoms. The zero-order valence-corrected chi connectivity index (χ0v) is 9.92. The first-order chi connectivity index (χ1) is 7.02. The van der Waals surface area contributed by atoms with Crippen LogP contribution in [0.4, 0.5) is 0 Å². The molecule has 0 amide bonds. The molecule has 0 fully saturated rings. The molecular formula is C13H19NO. The van der Waals surface area contributed by atoms with Crippen LogP contribution < -0.4 is 10.1 Å². The van der Waals surface area contributed by atoms with Crippen LogP contribution in [0.15, 0.2) is 18.2 Å². The molecule has 2 rings (SSSR count). The van der Waals surface area contributed by atoms with E-state index in [9.17, 15) is 0 Å². The Hall–Kier alpha value is -1.02. The molecule has 1 heterocycles. The summed E-state index contributed by atoms with van der Waals surface area (Å²) in [5, 5.41) is 3.36. The minimum atomic E-state index is -0.0749. The predicted octanol–water partition coefficient (Wildman–Crippen LogP) is 2.82. The van der Waals surface area contributed by atoms with E-state index in [-0.39, 0.29) is 5.60 Å². The lowest BCUT2D eigenvalue weighted by Crippen LogP contribution is -2.38. The van der Waals surface area contributed by atoms with Crippen LogP contribution in [0.2, 0.25) is 0 Å². The molecule has 0 aliphatic carbocycles. The number of fused-ring (bicyclic) bond motifs is 1. The van der Waals surface area contributed by atoms with E-state index in [1.54, 1.807) is 0 Å². The van der Waals surface area contributed by atoms with E-state index in [0.717, 1.165) is 12.2 Å². The Balaban J connectivity index is 2.44. The average Bonchev–Trinajstić information content (AvgIpc) is 2.14. The van der Waals surface area contributed by atoms with Gasteiger partial charge >= 0.3 is 0 Å². The smallest absolute Gasteiger partial charge is 0.125 e. The molecular weight excluding hydrogens is 186 g/mol. The van der Waals surface area contributed by atoms with E-state index in [1.807, 2.05) is 7.05 Å². The highest BCUT2D eigenvalue weighted by atomic mass is 16.5. The average molecular weight is 205 g/mol. The highest BCUT2D eigenvalue weighted by molar-refractivity contribution is 5.41. The van der Waals surface area contributed by atoms with Gasteiger partial charge in [0.05, 0.1) is 0 Å². The van der Waals surface area contributed by atoms with E-state index >= 15 is 0 Å². The summed E-state index contributed by atoms with van der Waals surface area (Å²) >= 11 is 0. The van der Waals surface area contributed by atoms with Crippen molar-refractivity contribution in [2.75, 3.05) is 7.05 Å². The fourth-order valence-corrected chi connectivity index (χ4v) is 2.22. The molecule has 0 saturated carbocycles. The lowest BCUT2D eigenvalue weighted by Gasteiger charge is -2.37. The van der Waals surface area contributed by atoms with Crippen LogP contribution in [0.5, 0.6) is 5.75 Å². The molecule has 1 aliphatic rings. The maximum absolute atomic E-state index is 5.99. The molecule has 1 aromatic carbocycles. The monoisotopic (exact) mass is 205 g/mol. The fraction of sp³-hybridized carbons (Fsp3) is 0.538. The maximum Gasteiger partial charge on any atom is 0.125 e. The van der Waals surface area contributed by atoms with Gasteiger partial charge in [0.2, 0.25) is 0 Å². The van der Waals surface area contributed by atoms with Crippen LogP contribution >= 0.6 is 0 Å². The van der Waals surface area contributed by atoms with E-state index in [4.69, 9.17) is 4.74 Å². The van der Waals surface area contributed by atoms with Crippen molar-refractivity contribution in [2.45, 2.75) is 38.8 Å². The SMILES string of the molecule is CNC1CC(C)(C)Oc2cc(C)ccc21. The number of benzene rings is 1. The summed E-state index contributed by atoms with van der Waals surface area (Å²) in [7, 11) is 2.01. The topological polar surface area (TPSA) is 21.3 Å². The number of hydrogen-bond acceptors (Lipinski definition) is 2. The molecule has 1 unspecified atom stereocenters. The summed E-state index contributed by atoms with van der Waals surface area (Å²) < 4.78 is 5.99. The van der Waals surface area contributed by atoms with Crippen LogP contribution in [0.25, 0.3) is 0 Å². The number of nitrogens with one attached hydrogen (secondary N) is 1. The number of ether oxygens (including phenoxy) is 1. The van der Waals surface area contributed by atoms with Gasteiger partial charge in [-0.25, -0.2) is 0 Å². The minimum Gasteiger partial charge on any atom is -0.487 e. The Labute approximate surface area is 91.6 Å². The molecule has 82 valence electrons. The first-order valence-electron chi connectivity index (χ1n) is 5.49.